The number of carbonyl (C=O) groups is 1. The summed E-state index contributed by atoms with van der Waals surface area (Å²) in [7, 11) is 0. The Morgan fingerprint density at radius 2 is 2.31 bits per heavy atom. The van der Waals surface area contributed by atoms with Gasteiger partial charge >= 0.3 is 0 Å². The van der Waals surface area contributed by atoms with Crippen LogP contribution in [0.3, 0.4) is 0 Å². The van der Waals surface area contributed by atoms with E-state index in [1.165, 1.54) is 0 Å². The van der Waals surface area contributed by atoms with Crippen molar-refractivity contribution in [2.45, 2.75) is 25.2 Å². The van der Waals surface area contributed by atoms with E-state index in [-0.39, 0.29) is 11.7 Å². The van der Waals surface area contributed by atoms with Crippen LogP contribution in [-0.4, -0.2) is 12.4 Å². The lowest BCUT2D eigenvalue weighted by atomic mass is 9.94. The van der Waals surface area contributed by atoms with Crippen molar-refractivity contribution < 1.29 is 9.53 Å². The first kappa shape index (κ1) is 10.9. The van der Waals surface area contributed by atoms with Gasteiger partial charge in [-0.15, -0.1) is 6.58 Å². The van der Waals surface area contributed by atoms with Gasteiger partial charge in [0.2, 0.25) is 0 Å². The van der Waals surface area contributed by atoms with E-state index in [2.05, 4.69) is 6.58 Å². The maximum Gasteiger partial charge on any atom is 0.143 e. The normalized spacial score (nSPS) is 17.6. The van der Waals surface area contributed by atoms with Gasteiger partial charge in [-0.2, -0.15) is 0 Å². The summed E-state index contributed by atoms with van der Waals surface area (Å²) in [4.78, 5) is 12.0. The summed E-state index contributed by atoms with van der Waals surface area (Å²) < 4.78 is 5.50. The number of Topliss-reactive ketones (excluding diaryl/α,β-unsaturated/α-hetero) is 1. The number of para-hydroxylation sites is 1. The molecule has 2 nitrogen and oxygen atoms in total. The van der Waals surface area contributed by atoms with Gasteiger partial charge in [-0.25, -0.2) is 0 Å². The maximum atomic E-state index is 12.0. The predicted molar refractivity (Wildman–Crippen MR) is 63.7 cm³/mol. The minimum atomic E-state index is -0.0546. The Kier molecular flexibility index (Phi) is 3.40. The quantitative estimate of drug-likeness (QED) is 0.558. The van der Waals surface area contributed by atoms with E-state index in [0.717, 1.165) is 24.2 Å². The topological polar surface area (TPSA) is 26.3 Å². The van der Waals surface area contributed by atoms with Crippen LogP contribution in [0, 0.1) is 0 Å². The van der Waals surface area contributed by atoms with Crippen LogP contribution in [-0.2, 0) is 4.79 Å². The van der Waals surface area contributed by atoms with Gasteiger partial charge in [-0.05, 0) is 18.9 Å². The van der Waals surface area contributed by atoms with Crippen LogP contribution < -0.4 is 4.74 Å². The number of ketones is 1. The van der Waals surface area contributed by atoms with Gasteiger partial charge in [0.05, 0.1) is 5.92 Å². The zero-order valence-corrected chi connectivity index (χ0v) is 9.32. The number of allylic oxidation sites excluding steroid dienone is 1. The average Bonchev–Trinajstić information content (AvgIpc) is 2.73. The average molecular weight is 216 g/mol. The second-order valence-corrected chi connectivity index (χ2v) is 4.05. The van der Waals surface area contributed by atoms with E-state index in [1.54, 1.807) is 0 Å². The first-order valence-corrected chi connectivity index (χ1v) is 5.68. The Bertz CT molecular complexity index is 395. The fourth-order valence-electron chi connectivity index (χ4n) is 2.02. The summed E-state index contributed by atoms with van der Waals surface area (Å²) in [6.07, 6.45) is 4.27. The Morgan fingerprint density at radius 3 is 3.12 bits per heavy atom. The lowest BCUT2D eigenvalue weighted by Crippen LogP contribution is -2.13. The monoisotopic (exact) mass is 216 g/mol. The number of unbranched alkanes of at least 4 members (excludes halogenated alkanes) is 1. The molecule has 0 amide bonds. The largest absolute Gasteiger partial charge is 0.492 e. The van der Waals surface area contributed by atoms with E-state index < -0.39 is 0 Å². The third-order valence-corrected chi connectivity index (χ3v) is 2.92. The van der Waals surface area contributed by atoms with Crippen LogP contribution in [0.15, 0.2) is 36.9 Å². The second kappa shape index (κ2) is 4.97. The molecule has 1 heterocycles. The van der Waals surface area contributed by atoms with Gasteiger partial charge < -0.3 is 4.74 Å². The Labute approximate surface area is 95.9 Å². The number of rotatable bonds is 5. The molecule has 1 atom stereocenters. The zero-order valence-electron chi connectivity index (χ0n) is 9.32. The van der Waals surface area contributed by atoms with Crippen LogP contribution in [0.5, 0.6) is 5.75 Å². The summed E-state index contributed by atoms with van der Waals surface area (Å²) >= 11 is 0. The molecular formula is C14H16O2. The van der Waals surface area contributed by atoms with Crippen LogP contribution >= 0.6 is 0 Å². The molecule has 0 saturated heterocycles. The van der Waals surface area contributed by atoms with Crippen LogP contribution in [0.4, 0.5) is 0 Å². The first-order valence-electron chi connectivity index (χ1n) is 5.68. The molecule has 0 spiro atoms. The Hall–Kier alpha value is -1.57. The van der Waals surface area contributed by atoms with Crippen molar-refractivity contribution in [3.63, 3.8) is 0 Å². The highest BCUT2D eigenvalue weighted by Crippen LogP contribution is 2.34. The van der Waals surface area contributed by atoms with Crippen molar-refractivity contribution in [1.29, 1.82) is 0 Å². The highest BCUT2D eigenvalue weighted by molar-refractivity contribution is 5.87. The molecule has 0 bridgehead atoms. The molecule has 1 aliphatic rings. The predicted octanol–water partition coefficient (Wildman–Crippen LogP) is 3.09. The van der Waals surface area contributed by atoms with Gasteiger partial charge in [-0.3, -0.25) is 4.79 Å². The smallest absolute Gasteiger partial charge is 0.143 e. The lowest BCUT2D eigenvalue weighted by molar-refractivity contribution is -0.120. The molecule has 0 aromatic heterocycles. The Balaban J connectivity index is 2.01. The maximum absolute atomic E-state index is 12.0. The van der Waals surface area contributed by atoms with Crippen molar-refractivity contribution in [2.24, 2.45) is 0 Å². The molecule has 0 saturated carbocycles. The summed E-state index contributed by atoms with van der Waals surface area (Å²) in [5.41, 5.74) is 1.05. The van der Waals surface area contributed by atoms with E-state index in [4.69, 9.17) is 4.74 Å². The van der Waals surface area contributed by atoms with Gasteiger partial charge in [0, 0.05) is 12.0 Å². The molecule has 2 heteroatoms. The molecule has 0 aliphatic carbocycles. The molecule has 1 unspecified atom stereocenters. The van der Waals surface area contributed by atoms with Gasteiger partial charge in [-0.1, -0.05) is 24.3 Å². The number of carbonyl (C=O) groups excluding carboxylic acids is 1. The number of fused-ring (bicyclic) bond motifs is 1. The second-order valence-electron chi connectivity index (χ2n) is 4.05. The van der Waals surface area contributed by atoms with Crippen LogP contribution in [0.2, 0.25) is 0 Å². The molecule has 2 rings (SSSR count). The number of ether oxygens (including phenoxy) is 1. The summed E-state index contributed by atoms with van der Waals surface area (Å²) in [5, 5.41) is 0. The number of hydrogen-bond donors (Lipinski definition) is 0. The molecule has 1 aromatic carbocycles. The van der Waals surface area contributed by atoms with E-state index >= 15 is 0 Å². The molecule has 16 heavy (non-hydrogen) atoms. The van der Waals surface area contributed by atoms with Crippen molar-refractivity contribution >= 4 is 5.78 Å². The van der Waals surface area contributed by atoms with Gasteiger partial charge in [0.15, 0.2) is 0 Å². The van der Waals surface area contributed by atoms with E-state index in [9.17, 15) is 4.79 Å². The van der Waals surface area contributed by atoms with E-state index in [1.807, 2.05) is 30.3 Å². The minimum absolute atomic E-state index is 0.0546. The molecule has 1 aliphatic heterocycles. The first-order chi connectivity index (χ1) is 7.83. The highest BCUT2D eigenvalue weighted by Gasteiger charge is 2.28. The standard InChI is InChI=1S/C14H16O2/c1-2-3-4-8-13(15)12-10-16-14-9-6-5-7-11(12)14/h2,5-7,9,12H,1,3-4,8,10H2. The summed E-state index contributed by atoms with van der Waals surface area (Å²) in [6.45, 7) is 4.16. The Morgan fingerprint density at radius 1 is 1.50 bits per heavy atom. The summed E-state index contributed by atoms with van der Waals surface area (Å²) in [6, 6.07) is 7.80. The molecule has 0 N–H and O–H groups in total. The molecule has 0 fully saturated rings. The van der Waals surface area contributed by atoms with Crippen LogP contribution in [0.1, 0.15) is 30.7 Å². The SMILES string of the molecule is C=CCCCC(=O)C1COc2ccccc21. The van der Waals surface area contributed by atoms with E-state index in [0.29, 0.717) is 13.0 Å². The third kappa shape index (κ3) is 2.16. The number of benzene rings is 1. The molecule has 84 valence electrons. The van der Waals surface area contributed by atoms with Crippen molar-refractivity contribution in [3.8, 4) is 5.75 Å². The fourth-order valence-corrected chi connectivity index (χ4v) is 2.02. The van der Waals surface area contributed by atoms with Gasteiger partial charge in [0.25, 0.3) is 0 Å². The summed E-state index contributed by atoms with van der Waals surface area (Å²) in [5.74, 6) is 1.09. The molecular weight excluding hydrogens is 200 g/mol. The minimum Gasteiger partial charge on any atom is -0.492 e. The number of hydrogen-bond acceptors (Lipinski definition) is 2. The highest BCUT2D eigenvalue weighted by atomic mass is 16.5. The van der Waals surface area contributed by atoms with Crippen molar-refractivity contribution in [2.75, 3.05) is 6.61 Å². The van der Waals surface area contributed by atoms with Crippen molar-refractivity contribution in [3.05, 3.63) is 42.5 Å². The van der Waals surface area contributed by atoms with Crippen molar-refractivity contribution in [1.82, 2.24) is 0 Å². The third-order valence-electron chi connectivity index (χ3n) is 2.92. The van der Waals surface area contributed by atoms with Gasteiger partial charge in [0.1, 0.15) is 18.1 Å². The lowest BCUT2D eigenvalue weighted by Gasteiger charge is -2.06. The van der Waals surface area contributed by atoms with Crippen LogP contribution in [0.25, 0.3) is 0 Å². The fraction of sp³-hybridized carbons (Fsp3) is 0.357. The molecule has 0 radical (unpaired) electrons. The zero-order chi connectivity index (χ0) is 11.4. The molecule has 1 aromatic rings.